The van der Waals surface area contributed by atoms with Crippen molar-refractivity contribution in [3.63, 3.8) is 0 Å². The second-order valence-electron chi connectivity index (χ2n) is 10.5. The summed E-state index contributed by atoms with van der Waals surface area (Å²) in [7, 11) is 0. The first-order chi connectivity index (χ1) is 21.9. The standard InChI is InChI=1S/C33H30N8O/c1-39(30-12-16-36-29(19-34)37-30)26-13-17-40(18-14-26)21-23-7-9-24(10-8-23)31-32(25-5-3-2-4-6-25)41-22-42-28-11-15-35-20-27(28)33(41)38-31/h2-12,15-16,20,26H,13-14,17-18,21-22H2,1H3/i1D3. The predicted octanol–water partition coefficient (Wildman–Crippen LogP) is 5.39. The Labute approximate surface area is 248 Å². The molecule has 0 bridgehead atoms. The Bertz CT molecular complexity index is 1860. The molecule has 1 saturated heterocycles. The van der Waals surface area contributed by atoms with E-state index in [0.29, 0.717) is 19.6 Å². The highest BCUT2D eigenvalue weighted by atomic mass is 16.5. The van der Waals surface area contributed by atoms with E-state index in [2.05, 4.69) is 60.8 Å². The fourth-order valence-corrected chi connectivity index (χ4v) is 5.77. The minimum Gasteiger partial charge on any atom is -0.472 e. The van der Waals surface area contributed by atoms with Gasteiger partial charge in [-0.05, 0) is 30.5 Å². The van der Waals surface area contributed by atoms with Crippen molar-refractivity contribution >= 4 is 5.82 Å². The average molecular weight is 558 g/mol. The Morgan fingerprint density at radius 1 is 1.00 bits per heavy atom. The van der Waals surface area contributed by atoms with Gasteiger partial charge in [-0.2, -0.15) is 5.26 Å². The summed E-state index contributed by atoms with van der Waals surface area (Å²) in [6.07, 6.45) is 6.30. The molecule has 5 aromatic rings. The Hall–Kier alpha value is -5.07. The molecular weight excluding hydrogens is 524 g/mol. The third-order valence-corrected chi connectivity index (χ3v) is 7.93. The number of pyridine rings is 1. The van der Waals surface area contributed by atoms with Crippen LogP contribution in [0.1, 0.15) is 28.3 Å². The van der Waals surface area contributed by atoms with Crippen LogP contribution in [0.2, 0.25) is 0 Å². The van der Waals surface area contributed by atoms with Crippen LogP contribution >= 0.6 is 0 Å². The summed E-state index contributed by atoms with van der Waals surface area (Å²) >= 11 is 0. The number of likely N-dealkylation sites (tertiary alicyclic amines) is 1. The average Bonchev–Trinajstić information content (AvgIpc) is 3.46. The number of hydrogen-bond donors (Lipinski definition) is 0. The van der Waals surface area contributed by atoms with Gasteiger partial charge in [0, 0.05) is 66.5 Å². The summed E-state index contributed by atoms with van der Waals surface area (Å²) in [5, 5.41) is 9.20. The van der Waals surface area contributed by atoms with Gasteiger partial charge in [-0.15, -0.1) is 0 Å². The molecule has 2 aromatic carbocycles. The van der Waals surface area contributed by atoms with Crippen LogP contribution in [0.15, 0.2) is 85.3 Å². The van der Waals surface area contributed by atoms with Crippen molar-refractivity contribution in [2.45, 2.75) is 32.2 Å². The van der Waals surface area contributed by atoms with Crippen molar-refractivity contribution < 1.29 is 8.85 Å². The van der Waals surface area contributed by atoms with Crippen LogP contribution in [0.3, 0.4) is 0 Å². The van der Waals surface area contributed by atoms with Gasteiger partial charge in [0.2, 0.25) is 5.82 Å². The van der Waals surface area contributed by atoms with Crippen molar-refractivity contribution in [1.29, 1.82) is 5.26 Å². The first-order valence-electron chi connectivity index (χ1n) is 15.5. The summed E-state index contributed by atoms with van der Waals surface area (Å²) in [6, 6.07) is 23.9. The molecule has 0 radical (unpaired) electrons. The zero-order chi connectivity index (χ0) is 31.0. The van der Waals surface area contributed by atoms with E-state index < -0.39 is 6.98 Å². The van der Waals surface area contributed by atoms with E-state index in [1.54, 1.807) is 18.5 Å². The number of imidazole rings is 1. The predicted molar refractivity (Wildman–Crippen MR) is 160 cm³/mol. The second-order valence-corrected chi connectivity index (χ2v) is 10.5. The Morgan fingerprint density at radius 3 is 2.62 bits per heavy atom. The maximum atomic E-state index is 9.20. The molecule has 7 rings (SSSR count). The highest BCUT2D eigenvalue weighted by Crippen LogP contribution is 2.41. The number of nitriles is 1. The largest absolute Gasteiger partial charge is 0.472 e. The summed E-state index contributed by atoms with van der Waals surface area (Å²) < 4.78 is 32.6. The molecule has 0 atom stereocenters. The van der Waals surface area contributed by atoms with E-state index in [4.69, 9.17) is 13.8 Å². The summed E-state index contributed by atoms with van der Waals surface area (Å²) in [6.45, 7) is 0.237. The van der Waals surface area contributed by atoms with Gasteiger partial charge < -0.3 is 9.64 Å². The SMILES string of the molecule is [2H]C([2H])([2H])N(c1ccnc(C#N)n1)C1CCN(Cc2ccc(-c3nc4n(c3-c3ccccc3)COc3ccncc3-4)cc2)CC1. The Kier molecular flexibility index (Phi) is 5.96. The van der Waals surface area contributed by atoms with Gasteiger partial charge in [-0.25, -0.2) is 15.0 Å². The smallest absolute Gasteiger partial charge is 0.234 e. The first kappa shape index (κ1) is 22.6. The van der Waals surface area contributed by atoms with E-state index in [1.807, 2.05) is 30.3 Å². The van der Waals surface area contributed by atoms with Crippen LogP contribution in [0.25, 0.3) is 33.9 Å². The van der Waals surface area contributed by atoms with Crippen molar-refractivity contribution in [2.24, 2.45) is 0 Å². The molecule has 0 saturated carbocycles. The highest BCUT2D eigenvalue weighted by Gasteiger charge is 2.27. The van der Waals surface area contributed by atoms with Crippen LogP contribution in [-0.4, -0.2) is 55.5 Å². The molecule has 42 heavy (non-hydrogen) atoms. The number of anilines is 1. The molecule has 208 valence electrons. The number of rotatable bonds is 6. The molecule has 0 spiro atoms. The maximum Gasteiger partial charge on any atom is 0.234 e. The molecule has 9 nitrogen and oxygen atoms in total. The fourth-order valence-electron chi connectivity index (χ4n) is 5.77. The topological polar surface area (TPSA) is 96.0 Å². The van der Waals surface area contributed by atoms with E-state index in [0.717, 1.165) is 59.3 Å². The van der Waals surface area contributed by atoms with Gasteiger partial charge in [0.05, 0.1) is 17.0 Å². The zero-order valence-corrected chi connectivity index (χ0v) is 22.9. The lowest BCUT2D eigenvalue weighted by molar-refractivity contribution is 0.203. The maximum absolute atomic E-state index is 9.20. The molecule has 5 heterocycles. The minimum absolute atomic E-state index is 0.0376. The van der Waals surface area contributed by atoms with E-state index >= 15 is 0 Å². The third-order valence-electron chi connectivity index (χ3n) is 7.93. The number of aromatic nitrogens is 5. The van der Waals surface area contributed by atoms with Gasteiger partial charge in [0.15, 0.2) is 6.73 Å². The Morgan fingerprint density at radius 2 is 1.83 bits per heavy atom. The van der Waals surface area contributed by atoms with Gasteiger partial charge in [-0.1, -0.05) is 54.6 Å². The van der Waals surface area contributed by atoms with Gasteiger partial charge in [-0.3, -0.25) is 14.5 Å². The number of fused-ring (bicyclic) bond motifs is 3. The fraction of sp³-hybridized carbons (Fsp3) is 0.242. The van der Waals surface area contributed by atoms with Crippen LogP contribution in [0.5, 0.6) is 5.75 Å². The highest BCUT2D eigenvalue weighted by molar-refractivity contribution is 5.83. The van der Waals surface area contributed by atoms with E-state index in [-0.39, 0.29) is 17.7 Å². The third kappa shape index (κ3) is 4.86. The molecule has 2 aliphatic heterocycles. The lowest BCUT2D eigenvalue weighted by Gasteiger charge is -2.37. The van der Waals surface area contributed by atoms with Gasteiger partial charge >= 0.3 is 0 Å². The van der Waals surface area contributed by atoms with Crippen LogP contribution in [-0.2, 0) is 13.3 Å². The molecule has 0 unspecified atom stereocenters. The molecule has 1 fully saturated rings. The van der Waals surface area contributed by atoms with Crippen molar-refractivity contribution in [3.8, 4) is 45.7 Å². The summed E-state index contributed by atoms with van der Waals surface area (Å²) in [5.74, 6) is 1.84. The molecular formula is C33H30N8O. The van der Waals surface area contributed by atoms with Gasteiger partial charge in [0.25, 0.3) is 0 Å². The molecule has 0 aliphatic carbocycles. The summed E-state index contributed by atoms with van der Waals surface area (Å²) in [4.78, 5) is 21.2. The quantitative estimate of drug-likeness (QED) is 0.274. The lowest BCUT2D eigenvalue weighted by atomic mass is 10.0. The lowest BCUT2D eigenvalue weighted by Crippen LogP contribution is -2.43. The van der Waals surface area contributed by atoms with Gasteiger partial charge in [0.1, 0.15) is 23.5 Å². The van der Waals surface area contributed by atoms with E-state index in [1.165, 1.54) is 16.7 Å². The second kappa shape index (κ2) is 11.1. The Balaban J connectivity index is 1.09. The first-order valence-corrected chi connectivity index (χ1v) is 14.0. The zero-order valence-electron chi connectivity index (χ0n) is 25.9. The molecule has 9 heteroatoms. The minimum atomic E-state index is -2.38. The molecule has 3 aromatic heterocycles. The van der Waals surface area contributed by atoms with Crippen molar-refractivity contribution in [1.82, 2.24) is 29.4 Å². The van der Waals surface area contributed by atoms with Crippen LogP contribution in [0, 0.1) is 11.3 Å². The van der Waals surface area contributed by atoms with Crippen LogP contribution in [0.4, 0.5) is 5.82 Å². The number of nitrogens with zero attached hydrogens (tertiary/aromatic N) is 8. The normalized spacial score (nSPS) is 16.2. The van der Waals surface area contributed by atoms with E-state index in [9.17, 15) is 5.26 Å². The number of ether oxygens (including phenoxy) is 1. The number of hydrogen-bond acceptors (Lipinski definition) is 8. The number of benzene rings is 2. The molecule has 2 aliphatic rings. The molecule has 0 N–H and O–H groups in total. The van der Waals surface area contributed by atoms with Crippen LogP contribution < -0.4 is 9.64 Å². The number of piperidine rings is 1. The monoisotopic (exact) mass is 557 g/mol. The van der Waals surface area contributed by atoms with Crippen molar-refractivity contribution in [2.75, 3.05) is 25.0 Å². The molecule has 0 amide bonds. The summed E-state index contributed by atoms with van der Waals surface area (Å²) in [5.41, 5.74) is 6.00. The van der Waals surface area contributed by atoms with Crippen molar-refractivity contribution in [3.05, 3.63) is 96.7 Å².